The molecule has 0 aliphatic heterocycles. The number of aliphatic carboxylic acids is 1. The third-order valence-corrected chi connectivity index (χ3v) is 2.54. The Morgan fingerprint density at radius 1 is 1.59 bits per heavy atom. The van der Waals surface area contributed by atoms with Gasteiger partial charge in [-0.05, 0) is 24.6 Å². The maximum absolute atomic E-state index is 11.0. The lowest BCUT2D eigenvalue weighted by Gasteiger charge is -2.18. The summed E-state index contributed by atoms with van der Waals surface area (Å²) < 4.78 is 4.84. The number of carboxylic acid groups (broad SMARTS) is 1. The van der Waals surface area contributed by atoms with E-state index in [1.165, 1.54) is 6.92 Å². The molecule has 1 heterocycles. The molecule has 0 amide bonds. The minimum absolute atomic E-state index is 0.172. The topological polar surface area (TPSA) is 109 Å². The van der Waals surface area contributed by atoms with Crippen LogP contribution in [0, 0.1) is 0 Å². The van der Waals surface area contributed by atoms with Crippen molar-refractivity contribution in [2.75, 3.05) is 0 Å². The van der Waals surface area contributed by atoms with Gasteiger partial charge in [0.1, 0.15) is 5.54 Å². The van der Waals surface area contributed by atoms with Gasteiger partial charge in [-0.2, -0.15) is 0 Å². The second kappa shape index (κ2) is 3.74. The second-order valence-corrected chi connectivity index (χ2v) is 4.24. The number of nitrogens with two attached hydrogens (primary N) is 1. The normalized spacial score (nSPS) is 14.7. The zero-order chi connectivity index (χ0) is 12.6. The van der Waals surface area contributed by atoms with Crippen molar-refractivity contribution in [2.45, 2.75) is 18.9 Å². The first kappa shape index (κ1) is 11.4. The molecule has 0 spiro atoms. The number of rotatable bonds is 3. The first-order valence-corrected chi connectivity index (χ1v) is 5.02. The van der Waals surface area contributed by atoms with Gasteiger partial charge in [0, 0.05) is 6.42 Å². The van der Waals surface area contributed by atoms with Crippen molar-refractivity contribution in [1.82, 2.24) is 4.98 Å². The Morgan fingerprint density at radius 2 is 2.29 bits per heavy atom. The van der Waals surface area contributed by atoms with Crippen molar-refractivity contribution in [2.24, 2.45) is 5.73 Å². The predicted octanol–water partition coefficient (Wildman–Crippen LogP) is 0.466. The zero-order valence-corrected chi connectivity index (χ0v) is 9.19. The van der Waals surface area contributed by atoms with Gasteiger partial charge in [-0.3, -0.25) is 9.78 Å². The Labute approximate surface area is 96.0 Å². The Morgan fingerprint density at radius 3 is 2.94 bits per heavy atom. The van der Waals surface area contributed by atoms with E-state index >= 15 is 0 Å². The highest BCUT2D eigenvalue weighted by Crippen LogP contribution is 2.16. The number of carbonyl (C=O) groups is 1. The molecule has 2 aromatic rings. The Balaban J connectivity index is 2.37. The van der Waals surface area contributed by atoms with Gasteiger partial charge in [0.05, 0.1) is 5.52 Å². The van der Waals surface area contributed by atoms with Crippen molar-refractivity contribution < 1.29 is 14.3 Å². The number of hydrogen-bond donors (Lipinski definition) is 3. The van der Waals surface area contributed by atoms with Crippen LogP contribution in [0.25, 0.3) is 11.1 Å². The van der Waals surface area contributed by atoms with E-state index in [2.05, 4.69) is 4.98 Å². The molecule has 4 N–H and O–H groups in total. The average Bonchev–Trinajstić information content (AvgIpc) is 2.56. The Bertz CT molecular complexity index is 624. The monoisotopic (exact) mass is 236 g/mol. The van der Waals surface area contributed by atoms with Crippen LogP contribution >= 0.6 is 0 Å². The fourth-order valence-electron chi connectivity index (χ4n) is 1.61. The molecule has 1 aromatic carbocycles. The minimum atomic E-state index is -1.34. The summed E-state index contributed by atoms with van der Waals surface area (Å²) >= 11 is 0. The summed E-state index contributed by atoms with van der Waals surface area (Å²) in [6.45, 7) is 1.44. The molecule has 6 nitrogen and oxygen atoms in total. The fraction of sp³-hybridized carbons (Fsp3) is 0.273. The average molecular weight is 236 g/mol. The number of hydrogen-bond acceptors (Lipinski definition) is 4. The van der Waals surface area contributed by atoms with Crippen LogP contribution in [0.1, 0.15) is 12.5 Å². The van der Waals surface area contributed by atoms with Gasteiger partial charge < -0.3 is 15.3 Å². The number of nitrogens with one attached hydrogen (secondary N) is 1. The molecule has 0 fully saturated rings. The van der Waals surface area contributed by atoms with Crippen LogP contribution in [0.5, 0.6) is 0 Å². The summed E-state index contributed by atoms with van der Waals surface area (Å²) in [6.07, 6.45) is 0.172. The Hall–Kier alpha value is -2.08. The maximum atomic E-state index is 11.0. The van der Waals surface area contributed by atoms with E-state index in [0.717, 1.165) is 5.56 Å². The van der Waals surface area contributed by atoms with Gasteiger partial charge in [-0.25, -0.2) is 4.79 Å². The number of H-pyrrole nitrogens is 1. The van der Waals surface area contributed by atoms with Crippen LogP contribution < -0.4 is 11.5 Å². The van der Waals surface area contributed by atoms with Gasteiger partial charge in [0.2, 0.25) is 0 Å². The number of aromatic nitrogens is 1. The fourth-order valence-corrected chi connectivity index (χ4v) is 1.61. The molecule has 17 heavy (non-hydrogen) atoms. The quantitative estimate of drug-likeness (QED) is 0.717. The molecule has 1 unspecified atom stereocenters. The standard InChI is InChI=1S/C11H12N2O4/c1-11(12,9(14)15)5-6-2-3-8-7(4-6)13-10(16)17-8/h2-4H,5,12H2,1H3,(H,13,16)(H,14,15). The van der Waals surface area contributed by atoms with Gasteiger partial charge in [-0.1, -0.05) is 6.07 Å². The zero-order valence-electron chi connectivity index (χ0n) is 9.19. The Kier molecular flexibility index (Phi) is 2.51. The van der Waals surface area contributed by atoms with Crippen LogP contribution in [-0.2, 0) is 11.2 Å². The van der Waals surface area contributed by atoms with E-state index in [4.69, 9.17) is 15.3 Å². The van der Waals surface area contributed by atoms with Crippen LogP contribution in [-0.4, -0.2) is 21.6 Å². The van der Waals surface area contributed by atoms with Crippen molar-refractivity contribution in [1.29, 1.82) is 0 Å². The van der Waals surface area contributed by atoms with Gasteiger partial charge in [-0.15, -0.1) is 0 Å². The van der Waals surface area contributed by atoms with E-state index in [1.54, 1.807) is 18.2 Å². The lowest BCUT2D eigenvalue weighted by molar-refractivity contribution is -0.142. The molecule has 0 saturated heterocycles. The number of fused-ring (bicyclic) bond motifs is 1. The molecule has 2 rings (SSSR count). The summed E-state index contributed by atoms with van der Waals surface area (Å²) in [5.74, 6) is -1.61. The van der Waals surface area contributed by atoms with Crippen molar-refractivity contribution in [3.63, 3.8) is 0 Å². The van der Waals surface area contributed by atoms with Crippen LogP contribution in [0.2, 0.25) is 0 Å². The molecule has 1 atom stereocenters. The lowest BCUT2D eigenvalue weighted by Crippen LogP contribution is -2.46. The molecule has 0 aliphatic rings. The number of aromatic amines is 1. The van der Waals surface area contributed by atoms with E-state index in [9.17, 15) is 9.59 Å². The third kappa shape index (κ3) is 2.21. The SMILES string of the molecule is CC(N)(Cc1ccc2oc(=O)[nH]c2c1)C(=O)O. The van der Waals surface area contributed by atoms with Gasteiger partial charge in [0.25, 0.3) is 0 Å². The molecule has 1 aromatic heterocycles. The lowest BCUT2D eigenvalue weighted by atomic mass is 9.94. The van der Waals surface area contributed by atoms with E-state index in [-0.39, 0.29) is 6.42 Å². The largest absolute Gasteiger partial charge is 0.480 e. The summed E-state index contributed by atoms with van der Waals surface area (Å²) in [5.41, 5.74) is 6.01. The molecular formula is C11H12N2O4. The molecule has 90 valence electrons. The highest BCUT2D eigenvalue weighted by Gasteiger charge is 2.28. The van der Waals surface area contributed by atoms with Crippen molar-refractivity contribution in [3.05, 3.63) is 34.3 Å². The summed E-state index contributed by atoms with van der Waals surface area (Å²) in [7, 11) is 0. The van der Waals surface area contributed by atoms with Gasteiger partial charge >= 0.3 is 11.7 Å². The van der Waals surface area contributed by atoms with Crippen LogP contribution in [0.3, 0.4) is 0 Å². The highest BCUT2D eigenvalue weighted by atomic mass is 16.4. The minimum Gasteiger partial charge on any atom is -0.480 e. The third-order valence-electron chi connectivity index (χ3n) is 2.54. The van der Waals surface area contributed by atoms with Gasteiger partial charge in [0.15, 0.2) is 5.58 Å². The smallest absolute Gasteiger partial charge is 0.417 e. The van der Waals surface area contributed by atoms with Crippen molar-refractivity contribution in [3.8, 4) is 0 Å². The van der Waals surface area contributed by atoms with Crippen LogP contribution in [0.15, 0.2) is 27.4 Å². The maximum Gasteiger partial charge on any atom is 0.417 e. The molecule has 0 aliphatic carbocycles. The molecule has 0 saturated carbocycles. The van der Waals surface area contributed by atoms with E-state index in [0.29, 0.717) is 11.1 Å². The van der Waals surface area contributed by atoms with E-state index < -0.39 is 17.3 Å². The van der Waals surface area contributed by atoms with Crippen LogP contribution in [0.4, 0.5) is 0 Å². The predicted molar refractivity (Wildman–Crippen MR) is 60.8 cm³/mol. The van der Waals surface area contributed by atoms with E-state index in [1.807, 2.05) is 0 Å². The summed E-state index contributed by atoms with van der Waals surface area (Å²) in [4.78, 5) is 24.3. The first-order valence-electron chi connectivity index (χ1n) is 5.02. The second-order valence-electron chi connectivity index (χ2n) is 4.24. The molecule has 0 radical (unpaired) electrons. The molecular weight excluding hydrogens is 224 g/mol. The summed E-state index contributed by atoms with van der Waals surface area (Å²) in [5, 5.41) is 8.92. The number of benzene rings is 1. The number of carboxylic acids is 1. The first-order chi connectivity index (χ1) is 7.88. The number of oxazole rings is 1. The summed E-state index contributed by atoms with van der Waals surface area (Å²) in [6, 6.07) is 4.96. The van der Waals surface area contributed by atoms with Crippen molar-refractivity contribution >= 4 is 17.1 Å². The molecule has 6 heteroatoms. The molecule has 0 bridgehead atoms. The highest BCUT2D eigenvalue weighted by molar-refractivity contribution is 5.79.